The van der Waals surface area contributed by atoms with Crippen LogP contribution < -0.4 is 10.1 Å². The van der Waals surface area contributed by atoms with Crippen molar-refractivity contribution in [1.82, 2.24) is 0 Å². The lowest BCUT2D eigenvalue weighted by Gasteiger charge is -2.17. The van der Waals surface area contributed by atoms with Crippen LogP contribution in [0.15, 0.2) is 53.4 Å². The van der Waals surface area contributed by atoms with Crippen molar-refractivity contribution in [3.63, 3.8) is 0 Å². The number of anilines is 1. The van der Waals surface area contributed by atoms with Gasteiger partial charge in [-0.3, -0.25) is 0 Å². The van der Waals surface area contributed by atoms with Crippen molar-refractivity contribution in [1.29, 1.82) is 0 Å². The molecule has 3 heteroatoms. The molecule has 2 aromatic rings. The predicted octanol–water partition coefficient (Wildman–Crippen LogP) is 5.37. The maximum Gasteiger partial charge on any atom is 0.119 e. The van der Waals surface area contributed by atoms with E-state index in [1.807, 2.05) is 12.1 Å². The van der Waals surface area contributed by atoms with Crippen LogP contribution in [-0.2, 0) is 0 Å². The predicted molar refractivity (Wildman–Crippen MR) is 92.5 cm³/mol. The molecule has 0 aromatic heterocycles. The lowest BCUT2D eigenvalue weighted by molar-refractivity contribution is 0.317. The summed E-state index contributed by atoms with van der Waals surface area (Å²) in [6.45, 7) is 5.06. The van der Waals surface area contributed by atoms with Gasteiger partial charge in [0.05, 0.1) is 6.61 Å². The van der Waals surface area contributed by atoms with E-state index in [-0.39, 0.29) is 6.04 Å². The number of rotatable bonds is 7. The van der Waals surface area contributed by atoms with Gasteiger partial charge >= 0.3 is 0 Å². The quantitative estimate of drug-likeness (QED) is 0.695. The SMILES string of the molecule is CCCOc1ccc(C(C)Nc2cccc(SC)c2)cc1. The van der Waals surface area contributed by atoms with Gasteiger partial charge in [-0.05, 0) is 55.5 Å². The minimum Gasteiger partial charge on any atom is -0.494 e. The fraction of sp³-hybridized carbons (Fsp3) is 0.333. The molecule has 0 heterocycles. The number of hydrogen-bond donors (Lipinski definition) is 1. The van der Waals surface area contributed by atoms with Gasteiger partial charge in [-0.15, -0.1) is 11.8 Å². The molecule has 0 fully saturated rings. The van der Waals surface area contributed by atoms with Gasteiger partial charge in [0.15, 0.2) is 0 Å². The second-order valence-corrected chi connectivity index (χ2v) is 5.90. The Morgan fingerprint density at radius 2 is 1.90 bits per heavy atom. The smallest absolute Gasteiger partial charge is 0.119 e. The normalized spacial score (nSPS) is 12.0. The summed E-state index contributed by atoms with van der Waals surface area (Å²) < 4.78 is 5.62. The Labute approximate surface area is 131 Å². The Kier molecular flexibility index (Phi) is 6.00. The lowest BCUT2D eigenvalue weighted by Crippen LogP contribution is -2.06. The summed E-state index contributed by atoms with van der Waals surface area (Å²) in [6, 6.07) is 17.1. The second kappa shape index (κ2) is 7.99. The molecule has 2 rings (SSSR count). The van der Waals surface area contributed by atoms with Gasteiger partial charge in [-0.1, -0.05) is 25.1 Å². The summed E-state index contributed by atoms with van der Waals surface area (Å²) in [7, 11) is 0. The third kappa shape index (κ3) is 4.71. The topological polar surface area (TPSA) is 21.3 Å². The van der Waals surface area contributed by atoms with E-state index in [1.54, 1.807) is 11.8 Å². The molecule has 0 radical (unpaired) electrons. The molecule has 1 atom stereocenters. The summed E-state index contributed by atoms with van der Waals surface area (Å²) in [6.07, 6.45) is 3.13. The first-order chi connectivity index (χ1) is 10.2. The van der Waals surface area contributed by atoms with Crippen molar-refractivity contribution < 1.29 is 4.74 Å². The van der Waals surface area contributed by atoms with E-state index < -0.39 is 0 Å². The van der Waals surface area contributed by atoms with Gasteiger partial charge in [-0.2, -0.15) is 0 Å². The summed E-state index contributed by atoms with van der Waals surface area (Å²) in [4.78, 5) is 1.27. The molecule has 1 N–H and O–H groups in total. The highest BCUT2D eigenvalue weighted by Gasteiger charge is 2.06. The first-order valence-corrected chi connectivity index (χ1v) is 8.58. The monoisotopic (exact) mass is 301 g/mol. The molecule has 0 aliphatic heterocycles. The largest absolute Gasteiger partial charge is 0.494 e. The van der Waals surface area contributed by atoms with E-state index in [0.717, 1.165) is 24.5 Å². The summed E-state index contributed by atoms with van der Waals surface area (Å²) in [5, 5.41) is 3.54. The van der Waals surface area contributed by atoms with Crippen LogP contribution in [0.4, 0.5) is 5.69 Å². The summed E-state index contributed by atoms with van der Waals surface area (Å²) in [5.41, 5.74) is 2.41. The van der Waals surface area contributed by atoms with Crippen LogP contribution >= 0.6 is 11.8 Å². The second-order valence-electron chi connectivity index (χ2n) is 5.02. The van der Waals surface area contributed by atoms with E-state index in [2.05, 4.69) is 61.8 Å². The molecule has 0 amide bonds. The first kappa shape index (κ1) is 15.8. The standard InChI is InChI=1S/C18H23NOS/c1-4-12-20-17-10-8-15(9-11-17)14(2)19-16-6-5-7-18(13-16)21-3/h5-11,13-14,19H,4,12H2,1-3H3. The molecule has 0 aliphatic rings. The van der Waals surface area contributed by atoms with E-state index >= 15 is 0 Å². The maximum atomic E-state index is 5.62. The highest BCUT2D eigenvalue weighted by atomic mass is 32.2. The zero-order valence-electron chi connectivity index (χ0n) is 12.9. The third-order valence-corrected chi connectivity index (χ3v) is 4.03. The highest BCUT2D eigenvalue weighted by molar-refractivity contribution is 7.98. The van der Waals surface area contributed by atoms with Crippen LogP contribution in [0.1, 0.15) is 31.9 Å². The number of thioether (sulfide) groups is 1. The number of ether oxygens (including phenoxy) is 1. The Bertz CT molecular complexity index is 553. The molecule has 112 valence electrons. The summed E-state index contributed by atoms with van der Waals surface area (Å²) in [5.74, 6) is 0.942. The molecule has 2 nitrogen and oxygen atoms in total. The van der Waals surface area contributed by atoms with Gasteiger partial charge in [-0.25, -0.2) is 0 Å². The van der Waals surface area contributed by atoms with Crippen molar-refractivity contribution in [2.45, 2.75) is 31.2 Å². The molecular formula is C18H23NOS. The molecule has 0 saturated heterocycles. The zero-order chi connectivity index (χ0) is 15.1. The third-order valence-electron chi connectivity index (χ3n) is 3.31. The Balaban J connectivity index is 2.00. The molecule has 0 bridgehead atoms. The van der Waals surface area contributed by atoms with Gasteiger partial charge < -0.3 is 10.1 Å². The molecule has 1 unspecified atom stereocenters. The van der Waals surface area contributed by atoms with Crippen molar-refractivity contribution in [3.8, 4) is 5.75 Å². The lowest BCUT2D eigenvalue weighted by atomic mass is 10.1. The fourth-order valence-electron chi connectivity index (χ4n) is 2.12. The van der Waals surface area contributed by atoms with Gasteiger partial charge in [0.25, 0.3) is 0 Å². The molecule has 21 heavy (non-hydrogen) atoms. The van der Waals surface area contributed by atoms with Crippen molar-refractivity contribution in [3.05, 3.63) is 54.1 Å². The molecule has 0 spiro atoms. The molecule has 0 saturated carbocycles. The van der Waals surface area contributed by atoms with Crippen LogP contribution in [0.25, 0.3) is 0 Å². The average Bonchev–Trinajstić information content (AvgIpc) is 2.53. The Morgan fingerprint density at radius 1 is 1.14 bits per heavy atom. The van der Waals surface area contributed by atoms with E-state index in [9.17, 15) is 0 Å². The van der Waals surface area contributed by atoms with Gasteiger partial charge in [0.1, 0.15) is 5.75 Å². The van der Waals surface area contributed by atoms with Crippen LogP contribution in [0, 0.1) is 0 Å². The Hall–Kier alpha value is -1.61. The fourth-order valence-corrected chi connectivity index (χ4v) is 2.58. The van der Waals surface area contributed by atoms with Crippen molar-refractivity contribution >= 4 is 17.4 Å². The molecule has 2 aromatic carbocycles. The van der Waals surface area contributed by atoms with Crippen LogP contribution in [0.2, 0.25) is 0 Å². The highest BCUT2D eigenvalue weighted by Crippen LogP contribution is 2.24. The number of benzene rings is 2. The minimum absolute atomic E-state index is 0.266. The maximum absolute atomic E-state index is 5.62. The van der Waals surface area contributed by atoms with E-state index in [0.29, 0.717) is 0 Å². The Morgan fingerprint density at radius 3 is 2.57 bits per heavy atom. The van der Waals surface area contributed by atoms with Crippen LogP contribution in [0.5, 0.6) is 5.75 Å². The number of nitrogens with one attached hydrogen (secondary N) is 1. The van der Waals surface area contributed by atoms with Gasteiger partial charge in [0.2, 0.25) is 0 Å². The average molecular weight is 301 g/mol. The van der Waals surface area contributed by atoms with Crippen LogP contribution in [-0.4, -0.2) is 12.9 Å². The minimum atomic E-state index is 0.266. The van der Waals surface area contributed by atoms with Crippen molar-refractivity contribution in [2.75, 3.05) is 18.2 Å². The van der Waals surface area contributed by atoms with Gasteiger partial charge in [0, 0.05) is 16.6 Å². The zero-order valence-corrected chi connectivity index (χ0v) is 13.7. The molecular weight excluding hydrogens is 278 g/mol. The van der Waals surface area contributed by atoms with Crippen LogP contribution in [0.3, 0.4) is 0 Å². The van der Waals surface area contributed by atoms with Crippen molar-refractivity contribution in [2.24, 2.45) is 0 Å². The number of hydrogen-bond acceptors (Lipinski definition) is 3. The summed E-state index contributed by atoms with van der Waals surface area (Å²) >= 11 is 1.76. The first-order valence-electron chi connectivity index (χ1n) is 7.36. The van der Waals surface area contributed by atoms with E-state index in [1.165, 1.54) is 10.5 Å². The molecule has 0 aliphatic carbocycles. The van der Waals surface area contributed by atoms with E-state index in [4.69, 9.17) is 4.74 Å².